The van der Waals surface area contributed by atoms with Gasteiger partial charge in [0.1, 0.15) is 22.8 Å². The van der Waals surface area contributed by atoms with E-state index in [0.29, 0.717) is 45.4 Å². The second kappa shape index (κ2) is 9.44. The number of ether oxygens (including phenoxy) is 6. The summed E-state index contributed by atoms with van der Waals surface area (Å²) >= 11 is 0. The lowest BCUT2D eigenvalue weighted by Crippen LogP contribution is -2.27. The average Bonchev–Trinajstić information content (AvgIpc) is 3.08. The summed E-state index contributed by atoms with van der Waals surface area (Å²) in [6, 6.07) is 6.62. The summed E-state index contributed by atoms with van der Waals surface area (Å²) in [7, 11) is 4.57. The van der Waals surface area contributed by atoms with Crippen molar-refractivity contribution in [2.24, 2.45) is 0 Å². The molecule has 0 atom stereocenters. The van der Waals surface area contributed by atoms with Crippen LogP contribution in [-0.4, -0.2) is 45.3 Å². The van der Waals surface area contributed by atoms with E-state index >= 15 is 0 Å². The van der Waals surface area contributed by atoms with E-state index in [1.807, 2.05) is 0 Å². The molecule has 3 rings (SSSR count). The van der Waals surface area contributed by atoms with Crippen molar-refractivity contribution in [2.45, 2.75) is 33.3 Å². The number of hydrogen-bond acceptors (Lipinski definition) is 8. The fourth-order valence-corrected chi connectivity index (χ4v) is 3.34. The number of fused-ring (bicyclic) bond motifs is 1. The molecule has 2 aromatic carbocycles. The molecule has 176 valence electrons. The molecule has 0 amide bonds. The normalized spacial score (nSPS) is 13.9. The Kier molecular flexibility index (Phi) is 6.86. The second-order valence-electron chi connectivity index (χ2n) is 8.33. The third-order valence-electron chi connectivity index (χ3n) is 4.82. The molecule has 8 heteroatoms. The average molecular weight is 456 g/mol. The highest BCUT2D eigenvalue weighted by Gasteiger charge is 2.31. The van der Waals surface area contributed by atoms with Gasteiger partial charge < -0.3 is 28.4 Å². The maximum absolute atomic E-state index is 13.0. The van der Waals surface area contributed by atoms with E-state index in [-0.39, 0.29) is 18.1 Å². The molecular weight excluding hydrogens is 428 g/mol. The van der Waals surface area contributed by atoms with Gasteiger partial charge >= 0.3 is 5.97 Å². The minimum atomic E-state index is -0.603. The van der Waals surface area contributed by atoms with Crippen LogP contribution < -0.4 is 23.7 Å². The smallest absolute Gasteiger partial charge is 0.344 e. The van der Waals surface area contributed by atoms with Gasteiger partial charge in [0, 0.05) is 17.2 Å². The van der Waals surface area contributed by atoms with Gasteiger partial charge in [-0.2, -0.15) is 0 Å². The van der Waals surface area contributed by atoms with Crippen LogP contribution in [0.3, 0.4) is 0 Å². The van der Waals surface area contributed by atoms with Crippen molar-refractivity contribution in [3.05, 3.63) is 46.7 Å². The van der Waals surface area contributed by atoms with Crippen molar-refractivity contribution in [1.29, 1.82) is 0 Å². The molecule has 1 aliphatic rings. The van der Waals surface area contributed by atoms with Crippen LogP contribution in [0.4, 0.5) is 0 Å². The molecule has 0 unspecified atom stereocenters. The quantitative estimate of drug-likeness (QED) is 0.449. The Hall–Kier alpha value is -3.68. The number of allylic oxidation sites excluding steroid dienone is 1. The molecular formula is C25H28O8. The molecule has 0 fully saturated rings. The highest BCUT2D eigenvalue weighted by Crippen LogP contribution is 2.41. The van der Waals surface area contributed by atoms with E-state index in [0.717, 1.165) is 0 Å². The Balaban J connectivity index is 1.87. The summed E-state index contributed by atoms with van der Waals surface area (Å²) in [5.41, 5.74) is 0.994. The van der Waals surface area contributed by atoms with Crippen molar-refractivity contribution in [1.82, 2.24) is 0 Å². The van der Waals surface area contributed by atoms with Gasteiger partial charge in [0.05, 0.1) is 26.9 Å². The minimum Gasteiger partial charge on any atom is -0.496 e. The van der Waals surface area contributed by atoms with E-state index in [9.17, 15) is 9.59 Å². The van der Waals surface area contributed by atoms with Crippen molar-refractivity contribution in [2.75, 3.05) is 27.9 Å². The van der Waals surface area contributed by atoms with Crippen molar-refractivity contribution >= 4 is 17.8 Å². The topological polar surface area (TPSA) is 89.5 Å². The van der Waals surface area contributed by atoms with Gasteiger partial charge in [-0.05, 0) is 52.0 Å². The molecule has 0 spiro atoms. The highest BCUT2D eigenvalue weighted by molar-refractivity contribution is 6.15. The summed E-state index contributed by atoms with van der Waals surface area (Å²) in [5.74, 6) is 1.66. The van der Waals surface area contributed by atoms with Gasteiger partial charge in [-0.3, -0.25) is 4.79 Å². The zero-order chi connectivity index (χ0) is 24.3. The van der Waals surface area contributed by atoms with Crippen LogP contribution in [0.1, 0.15) is 42.3 Å². The Morgan fingerprint density at radius 1 is 0.970 bits per heavy atom. The first kappa shape index (κ1) is 24.0. The van der Waals surface area contributed by atoms with Crippen LogP contribution in [0.5, 0.6) is 28.7 Å². The summed E-state index contributed by atoms with van der Waals surface area (Å²) in [4.78, 5) is 24.9. The lowest BCUT2D eigenvalue weighted by molar-refractivity contribution is -0.157. The Labute approximate surface area is 193 Å². The zero-order valence-electron chi connectivity index (χ0n) is 19.9. The van der Waals surface area contributed by atoms with E-state index in [1.165, 1.54) is 21.3 Å². The van der Waals surface area contributed by atoms with Gasteiger partial charge in [0.25, 0.3) is 0 Å². The van der Waals surface area contributed by atoms with Gasteiger partial charge in [-0.25, -0.2) is 4.79 Å². The van der Waals surface area contributed by atoms with Crippen LogP contribution in [0.15, 0.2) is 30.0 Å². The Morgan fingerprint density at radius 3 is 2.21 bits per heavy atom. The predicted molar refractivity (Wildman–Crippen MR) is 122 cm³/mol. The molecule has 0 aromatic heterocycles. The lowest BCUT2D eigenvalue weighted by atomic mass is 10.1. The minimum absolute atomic E-state index is 0.128. The van der Waals surface area contributed by atoms with E-state index in [4.69, 9.17) is 28.4 Å². The fraction of sp³-hybridized carbons (Fsp3) is 0.360. The standard InChI is InChI=1S/C25H28O8/c1-14-17(31-13-22(26)33-25(2,3)4)9-8-16-23(27)21(32-24(14)16)11-15-10-19(29-6)20(30-7)12-18(15)28-5/h8-12H,13H2,1-7H3/b21-11-. The number of hydrogen-bond donors (Lipinski definition) is 0. The van der Waals surface area contributed by atoms with Gasteiger partial charge in [0.15, 0.2) is 23.9 Å². The largest absolute Gasteiger partial charge is 0.496 e. The molecule has 0 saturated carbocycles. The van der Waals surface area contributed by atoms with Crippen LogP contribution in [0, 0.1) is 6.92 Å². The third-order valence-corrected chi connectivity index (χ3v) is 4.82. The van der Waals surface area contributed by atoms with Crippen LogP contribution in [0.25, 0.3) is 6.08 Å². The van der Waals surface area contributed by atoms with E-state index < -0.39 is 11.6 Å². The van der Waals surface area contributed by atoms with Gasteiger partial charge in [-0.15, -0.1) is 0 Å². The van der Waals surface area contributed by atoms with Crippen molar-refractivity contribution in [3.63, 3.8) is 0 Å². The van der Waals surface area contributed by atoms with E-state index in [1.54, 1.807) is 58.0 Å². The summed E-state index contributed by atoms with van der Waals surface area (Å²) < 4.78 is 32.9. The third kappa shape index (κ3) is 5.22. The summed E-state index contributed by atoms with van der Waals surface area (Å²) in [6.07, 6.45) is 1.59. The van der Waals surface area contributed by atoms with Crippen molar-refractivity contribution < 1.29 is 38.0 Å². The first-order valence-electron chi connectivity index (χ1n) is 10.3. The Morgan fingerprint density at radius 2 is 1.61 bits per heavy atom. The number of ketones is 1. The molecule has 2 aromatic rings. The molecule has 0 bridgehead atoms. The number of benzene rings is 2. The number of methoxy groups -OCH3 is 3. The molecule has 0 radical (unpaired) electrons. The molecule has 0 aliphatic carbocycles. The molecule has 33 heavy (non-hydrogen) atoms. The predicted octanol–water partition coefficient (Wildman–Crippen LogP) is 4.36. The fourth-order valence-electron chi connectivity index (χ4n) is 3.34. The molecule has 0 saturated heterocycles. The number of carbonyl (C=O) groups excluding carboxylic acids is 2. The summed E-state index contributed by atoms with van der Waals surface area (Å²) in [6.45, 7) is 6.86. The Bertz CT molecular complexity index is 1110. The van der Waals surface area contributed by atoms with Crippen LogP contribution >= 0.6 is 0 Å². The zero-order valence-corrected chi connectivity index (χ0v) is 19.9. The maximum Gasteiger partial charge on any atom is 0.344 e. The van der Waals surface area contributed by atoms with Gasteiger partial charge in [0.2, 0.25) is 5.78 Å². The molecule has 1 aliphatic heterocycles. The highest BCUT2D eigenvalue weighted by atomic mass is 16.6. The number of Topliss-reactive ketones (excluding diaryl/α,β-unsaturated/α-hetero) is 1. The first-order chi connectivity index (χ1) is 15.6. The first-order valence-corrected chi connectivity index (χ1v) is 10.3. The SMILES string of the molecule is COc1cc(OC)c(OC)cc1/C=C1\Oc2c(ccc(OCC(=O)OC(C)(C)C)c2C)C1=O. The number of rotatable bonds is 7. The van der Waals surface area contributed by atoms with E-state index in [2.05, 4.69) is 0 Å². The monoisotopic (exact) mass is 456 g/mol. The summed E-state index contributed by atoms with van der Waals surface area (Å²) in [5, 5.41) is 0. The van der Waals surface area contributed by atoms with Crippen LogP contribution in [0.2, 0.25) is 0 Å². The number of carbonyl (C=O) groups is 2. The maximum atomic E-state index is 13.0. The lowest BCUT2D eigenvalue weighted by Gasteiger charge is -2.19. The molecule has 8 nitrogen and oxygen atoms in total. The number of esters is 1. The van der Waals surface area contributed by atoms with Gasteiger partial charge in [-0.1, -0.05) is 0 Å². The van der Waals surface area contributed by atoms with Crippen LogP contribution in [-0.2, 0) is 9.53 Å². The van der Waals surface area contributed by atoms with Crippen molar-refractivity contribution in [3.8, 4) is 28.7 Å². The molecule has 0 N–H and O–H groups in total. The second-order valence-corrected chi connectivity index (χ2v) is 8.33. The molecule has 1 heterocycles.